The smallest absolute Gasteiger partial charge is 0.268 e. The van der Waals surface area contributed by atoms with Gasteiger partial charge in [-0.15, -0.1) is 0 Å². The number of aromatic nitrogens is 2. The lowest BCUT2D eigenvalue weighted by Gasteiger charge is -2.43. The lowest BCUT2D eigenvalue weighted by atomic mass is 9.63. The van der Waals surface area contributed by atoms with E-state index in [0.29, 0.717) is 24.3 Å². The predicted molar refractivity (Wildman–Crippen MR) is 112 cm³/mol. The van der Waals surface area contributed by atoms with E-state index >= 15 is 0 Å². The molecule has 2 fully saturated rings. The summed E-state index contributed by atoms with van der Waals surface area (Å²) >= 11 is 0. The van der Waals surface area contributed by atoms with E-state index in [-0.39, 0.29) is 47.1 Å². The summed E-state index contributed by atoms with van der Waals surface area (Å²) in [6.45, 7) is 2.19. The van der Waals surface area contributed by atoms with Crippen LogP contribution < -0.4 is 11.2 Å². The third-order valence-corrected chi connectivity index (χ3v) is 7.35. The van der Waals surface area contributed by atoms with Crippen LogP contribution in [0.5, 0.6) is 0 Å². The minimum Gasteiger partial charge on any atom is -0.364 e. The fourth-order valence-electron chi connectivity index (χ4n) is 5.67. The highest BCUT2D eigenvalue weighted by atomic mass is 19.3. The molecule has 30 heavy (non-hydrogen) atoms. The second-order valence-electron chi connectivity index (χ2n) is 9.09. The molecule has 0 bridgehead atoms. The van der Waals surface area contributed by atoms with Gasteiger partial charge in [-0.25, -0.2) is 8.78 Å². The number of rotatable bonds is 4. The minimum atomic E-state index is -2.54. The molecule has 162 valence electrons. The van der Waals surface area contributed by atoms with E-state index in [1.54, 1.807) is 12.1 Å². The first-order chi connectivity index (χ1) is 14.3. The van der Waals surface area contributed by atoms with E-state index < -0.39 is 11.8 Å². The summed E-state index contributed by atoms with van der Waals surface area (Å²) in [5.41, 5.74) is 6.48. The molecule has 2 aliphatic rings. The molecule has 3 atom stereocenters. The number of nitrogens with one attached hydrogen (secondary N) is 1. The summed E-state index contributed by atoms with van der Waals surface area (Å²) in [6, 6.07) is 3.25. The number of hydrogen-bond acceptors (Lipinski definition) is 3. The molecule has 2 aliphatic carbocycles. The Morgan fingerprint density at radius 2 is 2.00 bits per heavy atom. The molecule has 2 aromatic heterocycles. The van der Waals surface area contributed by atoms with Crippen molar-refractivity contribution in [3.05, 3.63) is 39.9 Å². The molecule has 1 unspecified atom stereocenters. The van der Waals surface area contributed by atoms with Gasteiger partial charge in [-0.1, -0.05) is 13.3 Å². The van der Waals surface area contributed by atoms with Gasteiger partial charge in [0.2, 0.25) is 5.92 Å². The van der Waals surface area contributed by atoms with Crippen molar-refractivity contribution in [1.29, 1.82) is 0 Å². The van der Waals surface area contributed by atoms with E-state index in [2.05, 4.69) is 16.9 Å². The second-order valence-corrected chi connectivity index (χ2v) is 9.09. The fourth-order valence-corrected chi connectivity index (χ4v) is 5.67. The van der Waals surface area contributed by atoms with Gasteiger partial charge in [0.15, 0.2) is 5.43 Å². The van der Waals surface area contributed by atoms with Gasteiger partial charge in [0, 0.05) is 36.7 Å². The van der Waals surface area contributed by atoms with Crippen LogP contribution >= 0.6 is 0 Å². The van der Waals surface area contributed by atoms with Crippen LogP contribution in [0.4, 0.5) is 8.78 Å². The molecular formula is C23H29F2N3O2. The number of hydrogen-bond donors (Lipinski definition) is 2. The van der Waals surface area contributed by atoms with Crippen molar-refractivity contribution >= 4 is 16.8 Å². The molecule has 0 aliphatic heterocycles. The number of carbonyl (C=O) groups is 1. The third kappa shape index (κ3) is 3.98. The van der Waals surface area contributed by atoms with Gasteiger partial charge in [-0.3, -0.25) is 14.6 Å². The van der Waals surface area contributed by atoms with Crippen LogP contribution in [0.3, 0.4) is 0 Å². The molecule has 0 spiro atoms. The van der Waals surface area contributed by atoms with Crippen molar-refractivity contribution in [2.24, 2.45) is 23.5 Å². The van der Waals surface area contributed by atoms with E-state index in [9.17, 15) is 18.4 Å². The summed E-state index contributed by atoms with van der Waals surface area (Å²) in [6.07, 6.45) is 6.58. The van der Waals surface area contributed by atoms with Crippen LogP contribution in [0.25, 0.3) is 10.9 Å². The number of pyridine rings is 2. The summed E-state index contributed by atoms with van der Waals surface area (Å²) in [5.74, 6) is -2.01. The molecule has 0 saturated heterocycles. The first kappa shape index (κ1) is 20.9. The molecule has 5 nitrogen and oxygen atoms in total. The normalized spacial score (nSPS) is 27.2. The maximum atomic E-state index is 13.7. The maximum absolute atomic E-state index is 13.7. The first-order valence-electron chi connectivity index (χ1n) is 11.0. The Bertz CT molecular complexity index is 994. The Hall–Kier alpha value is -2.31. The summed E-state index contributed by atoms with van der Waals surface area (Å²) in [5, 5.41) is 0.213. The molecule has 2 aromatic rings. The quantitative estimate of drug-likeness (QED) is 0.752. The zero-order chi connectivity index (χ0) is 21.5. The Labute approximate surface area is 174 Å². The predicted octanol–water partition coefficient (Wildman–Crippen LogP) is 4.76. The molecule has 0 aromatic carbocycles. The van der Waals surface area contributed by atoms with Crippen LogP contribution in [0.2, 0.25) is 0 Å². The largest absolute Gasteiger partial charge is 0.364 e. The number of fused-ring (bicyclic) bond motifs is 1. The highest BCUT2D eigenvalue weighted by Crippen LogP contribution is 2.50. The lowest BCUT2D eigenvalue weighted by Crippen LogP contribution is -2.35. The molecule has 3 N–H and O–H groups in total. The van der Waals surface area contributed by atoms with Crippen LogP contribution in [-0.2, 0) is 0 Å². The Morgan fingerprint density at radius 3 is 2.67 bits per heavy atom. The van der Waals surface area contributed by atoms with Gasteiger partial charge in [-0.2, -0.15) is 0 Å². The van der Waals surface area contributed by atoms with Crippen LogP contribution in [0.1, 0.15) is 80.4 Å². The van der Waals surface area contributed by atoms with E-state index in [1.165, 1.54) is 6.20 Å². The number of nitrogens with two attached hydrogens (primary N) is 1. The molecule has 0 radical (unpaired) electrons. The first-order valence-corrected chi connectivity index (χ1v) is 11.0. The topological polar surface area (TPSA) is 88.8 Å². The Kier molecular flexibility index (Phi) is 5.64. The van der Waals surface area contributed by atoms with Crippen LogP contribution in [-0.4, -0.2) is 21.8 Å². The standard InChI is InChI=1S/C23H29F2N3O2/c1-2-13-3-4-15(16(11-13)14-5-8-23(24,25)9-6-14)18-12-19(29)20-17(28-18)7-10-27-21(20)22(26)30/h7,10,12-16H,2-6,8-9,11H2,1H3,(H2,26,30)(H,28,29)/t13?,15-,16+/m0/s1. The lowest BCUT2D eigenvalue weighted by molar-refractivity contribution is -0.0573. The number of carbonyl (C=O) groups excluding carboxylic acids is 1. The minimum absolute atomic E-state index is 0.0268. The van der Waals surface area contributed by atoms with Gasteiger partial charge in [0.05, 0.1) is 10.9 Å². The van der Waals surface area contributed by atoms with E-state index in [1.807, 2.05) is 0 Å². The SMILES string of the molecule is CCC1CC[C@H](c2cc(=O)c3c(C(N)=O)nccc3[nH]2)[C@@H](C2CCC(F)(F)CC2)C1. The summed E-state index contributed by atoms with van der Waals surface area (Å²) in [4.78, 5) is 31.9. The number of amides is 1. The number of H-pyrrole nitrogens is 1. The van der Waals surface area contributed by atoms with Crippen molar-refractivity contribution in [3.8, 4) is 0 Å². The van der Waals surface area contributed by atoms with Crippen molar-refractivity contribution in [2.75, 3.05) is 0 Å². The zero-order valence-corrected chi connectivity index (χ0v) is 17.3. The van der Waals surface area contributed by atoms with Crippen molar-refractivity contribution in [2.45, 2.75) is 70.1 Å². The molecule has 4 rings (SSSR count). The van der Waals surface area contributed by atoms with Crippen molar-refractivity contribution in [1.82, 2.24) is 9.97 Å². The van der Waals surface area contributed by atoms with Gasteiger partial charge >= 0.3 is 0 Å². The summed E-state index contributed by atoms with van der Waals surface area (Å²) < 4.78 is 27.5. The Balaban J connectivity index is 1.71. The molecule has 1 amide bonds. The van der Waals surface area contributed by atoms with Crippen LogP contribution in [0.15, 0.2) is 23.1 Å². The maximum Gasteiger partial charge on any atom is 0.268 e. The zero-order valence-electron chi connectivity index (χ0n) is 17.3. The molecular weight excluding hydrogens is 388 g/mol. The fraction of sp³-hybridized carbons (Fsp3) is 0.609. The number of primary amides is 1. The van der Waals surface area contributed by atoms with E-state index in [0.717, 1.165) is 31.4 Å². The van der Waals surface area contributed by atoms with Crippen molar-refractivity contribution in [3.63, 3.8) is 0 Å². The number of nitrogens with zero attached hydrogens (tertiary/aromatic N) is 1. The van der Waals surface area contributed by atoms with Gasteiger partial charge in [0.25, 0.3) is 5.91 Å². The molecule has 2 heterocycles. The average molecular weight is 418 g/mol. The highest BCUT2D eigenvalue weighted by Gasteiger charge is 2.42. The number of alkyl halides is 2. The number of halogens is 2. The van der Waals surface area contributed by atoms with E-state index in [4.69, 9.17) is 5.73 Å². The second kappa shape index (κ2) is 8.08. The Morgan fingerprint density at radius 1 is 1.27 bits per heavy atom. The van der Waals surface area contributed by atoms with Gasteiger partial charge < -0.3 is 10.7 Å². The average Bonchev–Trinajstić information content (AvgIpc) is 2.72. The monoisotopic (exact) mass is 417 g/mol. The van der Waals surface area contributed by atoms with Crippen molar-refractivity contribution < 1.29 is 13.6 Å². The molecule has 2 saturated carbocycles. The third-order valence-electron chi connectivity index (χ3n) is 7.35. The summed E-state index contributed by atoms with van der Waals surface area (Å²) in [7, 11) is 0. The van der Waals surface area contributed by atoms with Gasteiger partial charge in [-0.05, 0) is 55.9 Å². The number of aromatic amines is 1. The molecule has 7 heteroatoms. The van der Waals surface area contributed by atoms with Gasteiger partial charge in [0.1, 0.15) is 5.69 Å². The highest BCUT2D eigenvalue weighted by molar-refractivity contribution is 6.03. The van der Waals surface area contributed by atoms with Crippen LogP contribution in [0, 0.1) is 17.8 Å².